The monoisotopic (exact) mass is 267 g/mol. The Morgan fingerprint density at radius 3 is 2.63 bits per heavy atom. The molecular weight excluding hydrogens is 246 g/mol. The maximum Gasteiger partial charge on any atom is 0.340 e. The SMILES string of the molecule is CCCOCCOCc1cccc(N)c1C(=O)OC. The molecule has 0 aliphatic rings. The molecule has 0 radical (unpaired) electrons. The van der Waals surface area contributed by atoms with Gasteiger partial charge in [0.15, 0.2) is 0 Å². The van der Waals surface area contributed by atoms with Gasteiger partial charge < -0.3 is 19.9 Å². The summed E-state index contributed by atoms with van der Waals surface area (Å²) in [5.41, 5.74) is 7.28. The number of nitrogen functional groups attached to an aromatic ring is 1. The van der Waals surface area contributed by atoms with Crippen molar-refractivity contribution >= 4 is 11.7 Å². The van der Waals surface area contributed by atoms with Crippen LogP contribution in [0.4, 0.5) is 5.69 Å². The van der Waals surface area contributed by atoms with Crippen molar-refractivity contribution < 1.29 is 19.0 Å². The minimum Gasteiger partial charge on any atom is -0.465 e. The number of esters is 1. The van der Waals surface area contributed by atoms with E-state index >= 15 is 0 Å². The third-order valence-corrected chi connectivity index (χ3v) is 2.55. The van der Waals surface area contributed by atoms with Gasteiger partial charge in [-0.2, -0.15) is 0 Å². The lowest BCUT2D eigenvalue weighted by Gasteiger charge is -2.11. The number of hydrogen-bond acceptors (Lipinski definition) is 5. The van der Waals surface area contributed by atoms with Gasteiger partial charge in [-0.25, -0.2) is 4.79 Å². The molecule has 0 atom stereocenters. The molecule has 0 saturated carbocycles. The van der Waals surface area contributed by atoms with Gasteiger partial charge in [-0.05, 0) is 18.1 Å². The molecule has 0 amide bonds. The fraction of sp³-hybridized carbons (Fsp3) is 0.500. The third-order valence-electron chi connectivity index (χ3n) is 2.55. The molecule has 0 spiro atoms. The minimum atomic E-state index is -0.445. The summed E-state index contributed by atoms with van der Waals surface area (Å²) in [4.78, 5) is 11.6. The van der Waals surface area contributed by atoms with Gasteiger partial charge in [0, 0.05) is 12.3 Å². The molecule has 2 N–H and O–H groups in total. The Morgan fingerprint density at radius 2 is 1.95 bits per heavy atom. The Kier molecular flexibility index (Phi) is 6.92. The van der Waals surface area contributed by atoms with Gasteiger partial charge >= 0.3 is 5.97 Å². The van der Waals surface area contributed by atoms with E-state index in [-0.39, 0.29) is 0 Å². The molecule has 5 heteroatoms. The van der Waals surface area contributed by atoms with Gasteiger partial charge in [-0.1, -0.05) is 19.1 Å². The van der Waals surface area contributed by atoms with Gasteiger partial charge in [0.05, 0.1) is 32.5 Å². The van der Waals surface area contributed by atoms with Gasteiger partial charge in [-0.15, -0.1) is 0 Å². The van der Waals surface area contributed by atoms with Crippen LogP contribution < -0.4 is 5.73 Å². The normalized spacial score (nSPS) is 10.4. The van der Waals surface area contributed by atoms with Gasteiger partial charge in [-0.3, -0.25) is 0 Å². The van der Waals surface area contributed by atoms with Crippen molar-refractivity contribution in [1.82, 2.24) is 0 Å². The summed E-state index contributed by atoms with van der Waals surface area (Å²) in [6.07, 6.45) is 0.988. The van der Waals surface area contributed by atoms with Crippen LogP contribution in [0, 0.1) is 0 Å². The molecular formula is C14H21NO4. The summed E-state index contributed by atoms with van der Waals surface area (Å²) >= 11 is 0. The Morgan fingerprint density at radius 1 is 1.21 bits per heavy atom. The maximum absolute atomic E-state index is 11.6. The maximum atomic E-state index is 11.6. The van der Waals surface area contributed by atoms with Crippen LogP contribution in [0.15, 0.2) is 18.2 Å². The molecule has 0 aromatic heterocycles. The highest BCUT2D eigenvalue weighted by molar-refractivity contribution is 5.96. The van der Waals surface area contributed by atoms with Crippen LogP contribution in [-0.2, 0) is 20.8 Å². The Balaban J connectivity index is 2.53. The zero-order chi connectivity index (χ0) is 14.1. The Hall–Kier alpha value is -1.59. The molecule has 0 aliphatic carbocycles. The zero-order valence-corrected chi connectivity index (χ0v) is 11.5. The topological polar surface area (TPSA) is 70.8 Å². The molecule has 19 heavy (non-hydrogen) atoms. The summed E-state index contributed by atoms with van der Waals surface area (Å²) in [5, 5.41) is 0. The highest BCUT2D eigenvalue weighted by Crippen LogP contribution is 2.19. The summed E-state index contributed by atoms with van der Waals surface area (Å²) < 4.78 is 15.5. The summed E-state index contributed by atoms with van der Waals surface area (Å²) in [6, 6.07) is 5.25. The molecule has 0 unspecified atom stereocenters. The second-order valence-corrected chi connectivity index (χ2v) is 4.04. The lowest BCUT2D eigenvalue weighted by Crippen LogP contribution is -2.11. The first-order chi connectivity index (χ1) is 9.20. The van der Waals surface area contributed by atoms with Crippen molar-refractivity contribution in [2.75, 3.05) is 32.7 Å². The molecule has 5 nitrogen and oxygen atoms in total. The van der Waals surface area contributed by atoms with E-state index in [0.717, 1.165) is 18.6 Å². The first kappa shape index (κ1) is 15.5. The van der Waals surface area contributed by atoms with Crippen LogP contribution >= 0.6 is 0 Å². The van der Waals surface area contributed by atoms with Gasteiger partial charge in [0.1, 0.15) is 0 Å². The minimum absolute atomic E-state index is 0.310. The number of ether oxygens (including phenoxy) is 3. The summed E-state index contributed by atoms with van der Waals surface area (Å²) in [5.74, 6) is -0.445. The standard InChI is InChI=1S/C14H21NO4/c1-3-7-18-8-9-19-10-11-5-4-6-12(15)13(11)14(16)17-2/h4-6H,3,7-10,15H2,1-2H3. The lowest BCUT2D eigenvalue weighted by molar-refractivity contribution is 0.0397. The number of rotatable bonds is 8. The number of hydrogen-bond donors (Lipinski definition) is 1. The van der Waals surface area contributed by atoms with Crippen LogP contribution in [0.25, 0.3) is 0 Å². The highest BCUT2D eigenvalue weighted by Gasteiger charge is 2.15. The van der Waals surface area contributed by atoms with Crippen LogP contribution in [0.2, 0.25) is 0 Å². The Labute approximate surface area is 113 Å². The molecule has 1 aromatic carbocycles. The van der Waals surface area contributed by atoms with Crippen molar-refractivity contribution in [3.63, 3.8) is 0 Å². The smallest absolute Gasteiger partial charge is 0.340 e. The Bertz CT molecular complexity index is 406. The highest BCUT2D eigenvalue weighted by atomic mass is 16.5. The van der Waals surface area contributed by atoms with Crippen LogP contribution in [0.3, 0.4) is 0 Å². The average molecular weight is 267 g/mol. The molecule has 1 rings (SSSR count). The predicted molar refractivity (Wildman–Crippen MR) is 73.0 cm³/mol. The van der Waals surface area contributed by atoms with Gasteiger partial charge in [0.2, 0.25) is 0 Å². The van der Waals surface area contributed by atoms with E-state index in [9.17, 15) is 4.79 Å². The predicted octanol–water partition coefficient (Wildman–Crippen LogP) is 2.00. The van der Waals surface area contributed by atoms with Gasteiger partial charge in [0.25, 0.3) is 0 Å². The summed E-state index contributed by atoms with van der Waals surface area (Å²) in [6.45, 7) is 4.12. The first-order valence-electron chi connectivity index (χ1n) is 6.31. The van der Waals surface area contributed by atoms with Crippen LogP contribution in [-0.4, -0.2) is 32.9 Å². The van der Waals surface area contributed by atoms with E-state index in [0.29, 0.717) is 31.1 Å². The largest absolute Gasteiger partial charge is 0.465 e. The number of carbonyl (C=O) groups is 1. The average Bonchev–Trinajstić information content (AvgIpc) is 2.42. The van der Waals surface area contributed by atoms with E-state index in [2.05, 4.69) is 6.92 Å². The van der Waals surface area contributed by atoms with Crippen molar-refractivity contribution in [3.8, 4) is 0 Å². The number of benzene rings is 1. The third kappa shape index (κ3) is 4.89. The van der Waals surface area contributed by atoms with Crippen molar-refractivity contribution in [1.29, 1.82) is 0 Å². The number of nitrogens with two attached hydrogens (primary N) is 1. The number of anilines is 1. The second kappa shape index (κ2) is 8.50. The van der Waals surface area contributed by atoms with Crippen LogP contribution in [0.5, 0.6) is 0 Å². The quantitative estimate of drug-likeness (QED) is 0.443. The van der Waals surface area contributed by atoms with Crippen LogP contribution in [0.1, 0.15) is 29.3 Å². The fourth-order valence-electron chi connectivity index (χ4n) is 1.64. The molecule has 0 bridgehead atoms. The summed E-state index contributed by atoms with van der Waals surface area (Å²) in [7, 11) is 1.33. The molecule has 1 aromatic rings. The molecule has 0 saturated heterocycles. The fourth-order valence-corrected chi connectivity index (χ4v) is 1.64. The second-order valence-electron chi connectivity index (χ2n) is 4.04. The van der Waals surface area contributed by atoms with E-state index < -0.39 is 5.97 Å². The zero-order valence-electron chi connectivity index (χ0n) is 11.5. The number of carbonyl (C=O) groups excluding carboxylic acids is 1. The van der Waals surface area contributed by atoms with Crippen molar-refractivity contribution in [2.45, 2.75) is 20.0 Å². The first-order valence-corrected chi connectivity index (χ1v) is 6.31. The number of methoxy groups -OCH3 is 1. The molecule has 106 valence electrons. The van der Waals surface area contributed by atoms with E-state index in [1.165, 1.54) is 7.11 Å². The van der Waals surface area contributed by atoms with Crippen molar-refractivity contribution in [3.05, 3.63) is 29.3 Å². The van der Waals surface area contributed by atoms with Crippen molar-refractivity contribution in [2.24, 2.45) is 0 Å². The van der Waals surface area contributed by atoms with E-state index in [1.54, 1.807) is 18.2 Å². The van der Waals surface area contributed by atoms with E-state index in [1.807, 2.05) is 0 Å². The van der Waals surface area contributed by atoms with E-state index in [4.69, 9.17) is 19.9 Å². The molecule has 0 fully saturated rings. The lowest BCUT2D eigenvalue weighted by atomic mass is 10.1. The molecule has 0 aliphatic heterocycles. The molecule has 0 heterocycles.